The maximum atomic E-state index is 11.3. The Morgan fingerprint density at radius 2 is 1.96 bits per heavy atom. The lowest BCUT2D eigenvalue weighted by molar-refractivity contribution is -0.112. The minimum atomic E-state index is -0.00346. The second-order valence-electron chi connectivity index (χ2n) is 5.97. The minimum Gasteiger partial charge on any atom is -0.497 e. The van der Waals surface area contributed by atoms with Crippen molar-refractivity contribution in [2.24, 2.45) is 0 Å². The Hall–Kier alpha value is -2.08. The predicted octanol–water partition coefficient (Wildman–Crippen LogP) is 5.19. The third kappa shape index (κ3) is 3.79. The van der Waals surface area contributed by atoms with E-state index in [1.165, 1.54) is 12.5 Å². The van der Waals surface area contributed by atoms with Crippen molar-refractivity contribution in [3.63, 3.8) is 0 Å². The Bertz CT molecular complexity index is 877. The van der Waals surface area contributed by atoms with E-state index in [0.717, 1.165) is 37.3 Å². The average molecular weight is 446 g/mol. The standard InChI is InChI=1S/C21H19IO3/c1-13-4-7-15(8-5-13)20-18-11-17(24-3)10-16(9-6-14(2)23)21(18)25-12-19(20)22/h4-11H,12H2,1-3H3/b9-6+. The fourth-order valence-electron chi connectivity index (χ4n) is 2.81. The number of ether oxygens (including phenoxy) is 2. The van der Waals surface area contributed by atoms with E-state index in [1.807, 2.05) is 12.1 Å². The number of carbonyl (C=O) groups is 1. The molecule has 0 atom stereocenters. The molecule has 4 heteroatoms. The fourth-order valence-corrected chi connectivity index (χ4v) is 3.56. The topological polar surface area (TPSA) is 35.5 Å². The molecular weight excluding hydrogens is 427 g/mol. The number of allylic oxidation sites excluding steroid dienone is 1. The van der Waals surface area contributed by atoms with Crippen LogP contribution in [0.25, 0.3) is 11.6 Å². The average Bonchev–Trinajstić information content (AvgIpc) is 2.60. The first-order chi connectivity index (χ1) is 12.0. The van der Waals surface area contributed by atoms with Gasteiger partial charge >= 0.3 is 0 Å². The van der Waals surface area contributed by atoms with E-state index >= 15 is 0 Å². The van der Waals surface area contributed by atoms with Gasteiger partial charge in [0.1, 0.15) is 18.1 Å². The Kier molecular flexibility index (Phi) is 5.27. The third-order valence-corrected chi connectivity index (χ3v) is 4.90. The maximum Gasteiger partial charge on any atom is 0.152 e. The number of ketones is 1. The van der Waals surface area contributed by atoms with Crippen LogP contribution in [-0.4, -0.2) is 19.5 Å². The molecule has 0 amide bonds. The smallest absolute Gasteiger partial charge is 0.152 e. The number of hydrogen-bond acceptors (Lipinski definition) is 3. The quantitative estimate of drug-likeness (QED) is 0.479. The zero-order chi connectivity index (χ0) is 18.0. The van der Waals surface area contributed by atoms with Gasteiger partial charge in [0.15, 0.2) is 5.78 Å². The molecule has 0 aliphatic carbocycles. The van der Waals surface area contributed by atoms with Gasteiger partial charge in [-0.05, 0) is 66.3 Å². The number of aryl methyl sites for hydroxylation is 1. The first kappa shape index (κ1) is 17.7. The molecular formula is C21H19IO3. The monoisotopic (exact) mass is 446 g/mol. The van der Waals surface area contributed by atoms with Gasteiger partial charge in [0, 0.05) is 20.3 Å². The van der Waals surface area contributed by atoms with Crippen LogP contribution in [0, 0.1) is 6.92 Å². The molecule has 0 N–H and O–H groups in total. The summed E-state index contributed by atoms with van der Waals surface area (Å²) in [5.41, 5.74) is 5.36. The summed E-state index contributed by atoms with van der Waals surface area (Å²) < 4.78 is 12.6. The van der Waals surface area contributed by atoms with E-state index in [2.05, 4.69) is 53.8 Å². The molecule has 0 fully saturated rings. The minimum absolute atomic E-state index is 0.00346. The van der Waals surface area contributed by atoms with Crippen molar-refractivity contribution in [1.82, 2.24) is 0 Å². The summed E-state index contributed by atoms with van der Waals surface area (Å²) in [7, 11) is 1.64. The second kappa shape index (κ2) is 7.44. The first-order valence-electron chi connectivity index (χ1n) is 7.99. The van der Waals surface area contributed by atoms with Gasteiger partial charge in [-0.25, -0.2) is 0 Å². The van der Waals surface area contributed by atoms with Crippen molar-refractivity contribution in [2.45, 2.75) is 13.8 Å². The van der Waals surface area contributed by atoms with Crippen molar-refractivity contribution in [1.29, 1.82) is 0 Å². The van der Waals surface area contributed by atoms with E-state index in [-0.39, 0.29) is 5.78 Å². The van der Waals surface area contributed by atoms with Gasteiger partial charge in [0.05, 0.1) is 7.11 Å². The summed E-state index contributed by atoms with van der Waals surface area (Å²) in [5, 5.41) is 0. The Morgan fingerprint density at radius 3 is 2.60 bits per heavy atom. The Labute approximate surface area is 161 Å². The zero-order valence-electron chi connectivity index (χ0n) is 14.4. The summed E-state index contributed by atoms with van der Waals surface area (Å²) in [4.78, 5) is 11.3. The summed E-state index contributed by atoms with van der Waals surface area (Å²) >= 11 is 2.34. The number of benzene rings is 2. The molecule has 0 radical (unpaired) electrons. The van der Waals surface area contributed by atoms with Crippen LogP contribution in [-0.2, 0) is 4.79 Å². The van der Waals surface area contributed by atoms with Gasteiger partial charge in [0.25, 0.3) is 0 Å². The molecule has 128 valence electrons. The number of carbonyl (C=O) groups excluding carboxylic acids is 1. The van der Waals surface area contributed by atoms with E-state index in [1.54, 1.807) is 19.3 Å². The lowest BCUT2D eigenvalue weighted by atomic mass is 9.92. The highest BCUT2D eigenvalue weighted by Crippen LogP contribution is 2.43. The van der Waals surface area contributed by atoms with Gasteiger partial charge in [-0.1, -0.05) is 29.8 Å². The van der Waals surface area contributed by atoms with Gasteiger partial charge in [-0.15, -0.1) is 0 Å². The lowest BCUT2D eigenvalue weighted by Crippen LogP contribution is -2.10. The van der Waals surface area contributed by atoms with Gasteiger partial charge in [-0.2, -0.15) is 0 Å². The largest absolute Gasteiger partial charge is 0.497 e. The third-order valence-electron chi connectivity index (χ3n) is 4.05. The zero-order valence-corrected chi connectivity index (χ0v) is 16.6. The number of methoxy groups -OCH3 is 1. The highest BCUT2D eigenvalue weighted by molar-refractivity contribution is 14.1. The molecule has 3 nitrogen and oxygen atoms in total. The fraction of sp³-hybridized carbons (Fsp3) is 0.190. The van der Waals surface area contributed by atoms with Crippen LogP contribution in [0.4, 0.5) is 0 Å². The number of hydrogen-bond donors (Lipinski definition) is 0. The van der Waals surface area contributed by atoms with E-state index in [9.17, 15) is 4.79 Å². The van der Waals surface area contributed by atoms with Gasteiger partial charge in [-0.3, -0.25) is 4.79 Å². The molecule has 2 aromatic rings. The first-order valence-corrected chi connectivity index (χ1v) is 9.07. The number of halogens is 1. The van der Waals surface area contributed by atoms with Crippen LogP contribution in [0.5, 0.6) is 11.5 Å². The lowest BCUT2D eigenvalue weighted by Gasteiger charge is -2.24. The second-order valence-corrected chi connectivity index (χ2v) is 7.27. The molecule has 0 saturated heterocycles. The Balaban J connectivity index is 2.20. The summed E-state index contributed by atoms with van der Waals surface area (Å²) in [6.07, 6.45) is 3.34. The van der Waals surface area contributed by atoms with Crippen molar-refractivity contribution < 1.29 is 14.3 Å². The van der Waals surface area contributed by atoms with Crippen molar-refractivity contribution >= 4 is 40.0 Å². The van der Waals surface area contributed by atoms with Crippen LogP contribution in [0.3, 0.4) is 0 Å². The molecule has 3 rings (SSSR count). The van der Waals surface area contributed by atoms with Crippen LogP contribution in [0.15, 0.2) is 46.1 Å². The van der Waals surface area contributed by atoms with Crippen LogP contribution in [0.2, 0.25) is 0 Å². The van der Waals surface area contributed by atoms with E-state index in [0.29, 0.717) is 6.61 Å². The molecule has 2 aromatic carbocycles. The van der Waals surface area contributed by atoms with E-state index < -0.39 is 0 Å². The molecule has 1 aliphatic rings. The predicted molar refractivity (Wildman–Crippen MR) is 109 cm³/mol. The summed E-state index contributed by atoms with van der Waals surface area (Å²) in [6, 6.07) is 12.4. The molecule has 1 aliphatic heterocycles. The molecule has 0 bridgehead atoms. The van der Waals surface area contributed by atoms with E-state index in [4.69, 9.17) is 9.47 Å². The van der Waals surface area contributed by atoms with Crippen molar-refractivity contribution in [2.75, 3.05) is 13.7 Å². The summed E-state index contributed by atoms with van der Waals surface area (Å²) in [5.74, 6) is 1.52. The van der Waals surface area contributed by atoms with Crippen molar-refractivity contribution in [3.8, 4) is 11.5 Å². The molecule has 25 heavy (non-hydrogen) atoms. The SMILES string of the molecule is COc1cc(/C=C/C(C)=O)c2c(c1)C(c1ccc(C)cc1)=C(I)CO2. The van der Waals surface area contributed by atoms with Crippen LogP contribution < -0.4 is 9.47 Å². The van der Waals surface area contributed by atoms with Crippen LogP contribution in [0.1, 0.15) is 29.2 Å². The highest BCUT2D eigenvalue weighted by Gasteiger charge is 2.23. The molecule has 0 unspecified atom stereocenters. The normalized spacial score (nSPS) is 13.6. The molecule has 0 aromatic heterocycles. The van der Waals surface area contributed by atoms with Crippen LogP contribution >= 0.6 is 22.6 Å². The maximum absolute atomic E-state index is 11.3. The number of fused-ring (bicyclic) bond motifs is 1. The summed E-state index contributed by atoms with van der Waals surface area (Å²) in [6.45, 7) is 4.13. The number of rotatable bonds is 4. The Morgan fingerprint density at radius 1 is 1.24 bits per heavy atom. The molecule has 0 spiro atoms. The van der Waals surface area contributed by atoms with Crippen molar-refractivity contribution in [3.05, 3.63) is 68.3 Å². The van der Waals surface area contributed by atoms with Gasteiger partial charge in [0.2, 0.25) is 0 Å². The highest BCUT2D eigenvalue weighted by atomic mass is 127. The molecule has 1 heterocycles. The molecule has 0 saturated carbocycles. The van der Waals surface area contributed by atoms with Gasteiger partial charge < -0.3 is 9.47 Å².